The van der Waals surface area contributed by atoms with Gasteiger partial charge in [0.15, 0.2) is 0 Å². The SMILES string of the molecule is COOSc1ccc(-c2ccc3c(C)cn(CC4CCCCC4)c3n2)cc1. The molecule has 0 aliphatic heterocycles. The summed E-state index contributed by atoms with van der Waals surface area (Å²) in [5.74, 6) is 0.788. The molecule has 0 N–H and O–H groups in total. The summed E-state index contributed by atoms with van der Waals surface area (Å²) < 4.78 is 7.29. The highest BCUT2D eigenvalue weighted by Gasteiger charge is 2.16. The Morgan fingerprint density at radius 2 is 1.85 bits per heavy atom. The Kier molecular flexibility index (Phi) is 5.81. The number of rotatable bonds is 6. The van der Waals surface area contributed by atoms with Crippen molar-refractivity contribution in [3.8, 4) is 11.3 Å². The van der Waals surface area contributed by atoms with Gasteiger partial charge < -0.3 is 4.57 Å². The van der Waals surface area contributed by atoms with E-state index in [9.17, 15) is 0 Å². The van der Waals surface area contributed by atoms with Crippen LogP contribution in [0.4, 0.5) is 0 Å². The summed E-state index contributed by atoms with van der Waals surface area (Å²) in [7, 11) is 1.50. The quantitative estimate of drug-likeness (QED) is 0.290. The van der Waals surface area contributed by atoms with E-state index in [4.69, 9.17) is 9.32 Å². The van der Waals surface area contributed by atoms with Crippen LogP contribution in [-0.2, 0) is 15.8 Å². The lowest BCUT2D eigenvalue weighted by molar-refractivity contribution is -0.160. The van der Waals surface area contributed by atoms with E-state index in [0.29, 0.717) is 0 Å². The van der Waals surface area contributed by atoms with Gasteiger partial charge in [-0.15, -0.1) is 0 Å². The average molecular weight is 383 g/mol. The van der Waals surface area contributed by atoms with Gasteiger partial charge in [0.05, 0.1) is 24.8 Å². The third-order valence-corrected chi connectivity index (χ3v) is 6.12. The molecule has 142 valence electrons. The van der Waals surface area contributed by atoms with Crippen LogP contribution in [0.1, 0.15) is 37.7 Å². The first-order chi connectivity index (χ1) is 13.2. The van der Waals surface area contributed by atoms with Gasteiger partial charge in [-0.3, -0.25) is 0 Å². The zero-order valence-corrected chi connectivity index (χ0v) is 16.8. The lowest BCUT2D eigenvalue weighted by Crippen LogP contribution is -2.13. The molecule has 0 bridgehead atoms. The Morgan fingerprint density at radius 3 is 2.59 bits per heavy atom. The van der Waals surface area contributed by atoms with E-state index < -0.39 is 0 Å². The van der Waals surface area contributed by atoms with Crippen LogP contribution >= 0.6 is 12.0 Å². The fourth-order valence-electron chi connectivity index (χ4n) is 4.04. The minimum atomic E-state index is 0.788. The van der Waals surface area contributed by atoms with Crippen LogP contribution in [0.25, 0.3) is 22.3 Å². The van der Waals surface area contributed by atoms with Crippen molar-refractivity contribution in [2.45, 2.75) is 50.5 Å². The topological polar surface area (TPSA) is 36.3 Å². The molecule has 0 atom stereocenters. The summed E-state index contributed by atoms with van der Waals surface area (Å²) in [5, 5.41) is 1.26. The number of aromatic nitrogens is 2. The van der Waals surface area contributed by atoms with Gasteiger partial charge in [-0.2, -0.15) is 4.33 Å². The second-order valence-electron chi connectivity index (χ2n) is 7.38. The normalized spacial score (nSPS) is 15.5. The smallest absolute Gasteiger partial charge is 0.140 e. The number of hydrogen-bond donors (Lipinski definition) is 0. The summed E-state index contributed by atoms with van der Waals surface area (Å²) in [6.07, 6.45) is 9.12. The van der Waals surface area contributed by atoms with Crippen molar-refractivity contribution in [2.24, 2.45) is 5.92 Å². The predicted molar refractivity (Wildman–Crippen MR) is 110 cm³/mol. The molecule has 3 aromatic rings. The van der Waals surface area contributed by atoms with E-state index in [1.807, 2.05) is 12.1 Å². The molecule has 1 aliphatic carbocycles. The molecule has 0 amide bonds. The molecule has 1 aliphatic rings. The van der Waals surface area contributed by atoms with Crippen molar-refractivity contribution >= 4 is 23.1 Å². The molecule has 2 aromatic heterocycles. The fourth-order valence-corrected chi connectivity index (χ4v) is 4.44. The summed E-state index contributed by atoms with van der Waals surface area (Å²) in [5.41, 5.74) is 4.54. The number of aryl methyl sites for hydroxylation is 1. The van der Waals surface area contributed by atoms with Crippen LogP contribution in [-0.4, -0.2) is 16.7 Å². The van der Waals surface area contributed by atoms with E-state index in [1.54, 1.807) is 0 Å². The van der Waals surface area contributed by atoms with Gasteiger partial charge in [-0.05, 0) is 55.5 Å². The van der Waals surface area contributed by atoms with Gasteiger partial charge in [0.1, 0.15) is 5.65 Å². The molecule has 1 aromatic carbocycles. The Bertz CT molecular complexity index is 899. The minimum absolute atomic E-state index is 0.788. The summed E-state index contributed by atoms with van der Waals surface area (Å²) in [6, 6.07) is 12.5. The molecule has 0 saturated heterocycles. The first-order valence-electron chi connectivity index (χ1n) is 9.69. The van der Waals surface area contributed by atoms with Crippen LogP contribution in [0.3, 0.4) is 0 Å². The highest BCUT2D eigenvalue weighted by atomic mass is 32.2. The minimum Gasteiger partial charge on any atom is -0.332 e. The number of fused-ring (bicyclic) bond motifs is 1. The standard InChI is InChI=1S/C22H26N2O2S/c1-16-14-24(15-17-6-4-3-5-7-17)22-20(16)12-13-21(23-22)18-8-10-19(11-9-18)27-26-25-2/h8-14,17H,3-7,15H2,1-2H3. The van der Waals surface area contributed by atoms with E-state index in [-0.39, 0.29) is 0 Å². The molecule has 4 nitrogen and oxygen atoms in total. The number of nitrogens with zero attached hydrogens (tertiary/aromatic N) is 2. The first kappa shape index (κ1) is 18.5. The second-order valence-corrected chi connectivity index (χ2v) is 8.15. The maximum atomic E-state index is 5.02. The lowest BCUT2D eigenvalue weighted by Gasteiger charge is -2.22. The van der Waals surface area contributed by atoms with Crippen molar-refractivity contribution in [2.75, 3.05) is 7.11 Å². The Morgan fingerprint density at radius 1 is 1.07 bits per heavy atom. The van der Waals surface area contributed by atoms with Crippen molar-refractivity contribution in [3.05, 3.63) is 48.2 Å². The van der Waals surface area contributed by atoms with Gasteiger partial charge in [0, 0.05) is 28.6 Å². The van der Waals surface area contributed by atoms with Crippen molar-refractivity contribution in [3.63, 3.8) is 0 Å². The van der Waals surface area contributed by atoms with E-state index in [1.165, 1.54) is 62.2 Å². The van der Waals surface area contributed by atoms with Crippen LogP contribution in [0.5, 0.6) is 0 Å². The summed E-state index contributed by atoms with van der Waals surface area (Å²) in [6.45, 7) is 3.27. The van der Waals surface area contributed by atoms with Gasteiger partial charge in [-0.25, -0.2) is 9.87 Å². The molecule has 0 unspecified atom stereocenters. The molecular formula is C22H26N2O2S. The zero-order valence-electron chi connectivity index (χ0n) is 16.0. The monoisotopic (exact) mass is 382 g/mol. The second kappa shape index (κ2) is 8.46. The van der Waals surface area contributed by atoms with Crippen LogP contribution in [0, 0.1) is 12.8 Å². The van der Waals surface area contributed by atoms with Gasteiger partial charge in [-0.1, -0.05) is 31.4 Å². The van der Waals surface area contributed by atoms with E-state index in [0.717, 1.165) is 34.3 Å². The van der Waals surface area contributed by atoms with Crippen molar-refractivity contribution in [1.82, 2.24) is 9.55 Å². The number of hydrogen-bond acceptors (Lipinski definition) is 4. The molecule has 27 heavy (non-hydrogen) atoms. The van der Waals surface area contributed by atoms with Crippen LogP contribution in [0.15, 0.2) is 47.5 Å². The van der Waals surface area contributed by atoms with Gasteiger partial charge >= 0.3 is 0 Å². The average Bonchev–Trinajstić information content (AvgIpc) is 3.02. The fraction of sp³-hybridized carbons (Fsp3) is 0.409. The molecule has 1 saturated carbocycles. The molecule has 2 heterocycles. The summed E-state index contributed by atoms with van der Waals surface area (Å²) >= 11 is 1.21. The van der Waals surface area contributed by atoms with Gasteiger partial charge in [0.2, 0.25) is 0 Å². The Balaban J connectivity index is 1.61. The molecular weight excluding hydrogens is 356 g/mol. The van der Waals surface area contributed by atoms with Gasteiger partial charge in [0.25, 0.3) is 0 Å². The number of benzene rings is 1. The van der Waals surface area contributed by atoms with Crippen molar-refractivity contribution < 1.29 is 9.22 Å². The molecule has 0 spiro atoms. The Hall–Kier alpha value is -1.82. The predicted octanol–water partition coefficient (Wildman–Crippen LogP) is 6.18. The third-order valence-electron chi connectivity index (χ3n) is 5.45. The first-order valence-corrected chi connectivity index (χ1v) is 10.4. The lowest BCUT2D eigenvalue weighted by atomic mass is 9.89. The Labute approximate surface area is 165 Å². The third kappa shape index (κ3) is 4.21. The van der Waals surface area contributed by atoms with Crippen molar-refractivity contribution in [1.29, 1.82) is 0 Å². The molecule has 0 radical (unpaired) electrons. The van der Waals surface area contributed by atoms with E-state index >= 15 is 0 Å². The van der Waals surface area contributed by atoms with E-state index in [2.05, 4.69) is 46.8 Å². The molecule has 1 fully saturated rings. The van der Waals surface area contributed by atoms with Crippen LogP contribution in [0.2, 0.25) is 0 Å². The highest BCUT2D eigenvalue weighted by Crippen LogP contribution is 2.30. The largest absolute Gasteiger partial charge is 0.332 e. The molecule has 4 rings (SSSR count). The summed E-state index contributed by atoms with van der Waals surface area (Å²) in [4.78, 5) is 10.7. The maximum Gasteiger partial charge on any atom is 0.140 e. The highest BCUT2D eigenvalue weighted by molar-refractivity contribution is 7.94. The van der Waals surface area contributed by atoms with Crippen LogP contribution < -0.4 is 0 Å². The number of pyridine rings is 1. The zero-order chi connectivity index (χ0) is 18.6. The molecule has 5 heteroatoms. The maximum absolute atomic E-state index is 5.02.